The van der Waals surface area contributed by atoms with Crippen molar-refractivity contribution in [3.05, 3.63) is 83.9 Å². The number of carbonyl (C=O) groups excluding carboxylic acids is 2. The van der Waals surface area contributed by atoms with Crippen LogP contribution in [-0.4, -0.2) is 46.3 Å². The van der Waals surface area contributed by atoms with E-state index in [4.69, 9.17) is 0 Å². The second-order valence-electron chi connectivity index (χ2n) is 8.80. The van der Waals surface area contributed by atoms with E-state index in [1.54, 1.807) is 11.1 Å². The third-order valence-electron chi connectivity index (χ3n) is 6.35. The molecule has 0 spiro atoms. The van der Waals surface area contributed by atoms with E-state index in [0.29, 0.717) is 31.7 Å². The van der Waals surface area contributed by atoms with E-state index in [1.165, 1.54) is 23.5 Å². The SMILES string of the molecule is CCNC(=O)C1(Cc2ccc(-c3ccc(C)cc3)cc2)CCCN(C(=O)c2cnccn2)C1. The van der Waals surface area contributed by atoms with E-state index in [2.05, 4.69) is 70.7 Å². The van der Waals surface area contributed by atoms with Crippen LogP contribution in [0.1, 0.15) is 41.4 Å². The van der Waals surface area contributed by atoms with E-state index in [9.17, 15) is 9.59 Å². The van der Waals surface area contributed by atoms with Crippen LogP contribution in [-0.2, 0) is 11.2 Å². The van der Waals surface area contributed by atoms with Gasteiger partial charge in [0.25, 0.3) is 5.91 Å². The van der Waals surface area contributed by atoms with Crippen molar-refractivity contribution >= 4 is 11.8 Å². The Hall–Kier alpha value is -3.54. The molecule has 0 saturated carbocycles. The molecule has 3 aromatic rings. The molecule has 1 atom stereocenters. The maximum absolute atomic E-state index is 13.3. The van der Waals surface area contributed by atoms with Crippen LogP contribution in [0, 0.1) is 12.3 Å². The Morgan fingerprint density at radius 3 is 2.36 bits per heavy atom. The zero-order chi connectivity index (χ0) is 23.3. The fraction of sp³-hybridized carbons (Fsp3) is 0.333. The van der Waals surface area contributed by atoms with Crippen LogP contribution in [0.4, 0.5) is 0 Å². The van der Waals surface area contributed by atoms with Crippen LogP contribution < -0.4 is 5.32 Å². The summed E-state index contributed by atoms with van der Waals surface area (Å²) in [5.74, 6) is -0.171. The van der Waals surface area contributed by atoms with Crippen LogP contribution >= 0.6 is 0 Å². The zero-order valence-electron chi connectivity index (χ0n) is 19.3. The van der Waals surface area contributed by atoms with Gasteiger partial charge in [0.1, 0.15) is 5.69 Å². The molecule has 6 nitrogen and oxygen atoms in total. The topological polar surface area (TPSA) is 75.2 Å². The van der Waals surface area contributed by atoms with Gasteiger partial charge >= 0.3 is 0 Å². The number of aryl methyl sites for hydroxylation is 1. The number of piperidine rings is 1. The molecule has 1 aliphatic heterocycles. The van der Waals surface area contributed by atoms with E-state index >= 15 is 0 Å². The molecule has 6 heteroatoms. The first-order chi connectivity index (χ1) is 16.0. The molecule has 1 saturated heterocycles. The Balaban J connectivity index is 1.57. The molecule has 1 fully saturated rings. The lowest BCUT2D eigenvalue weighted by Gasteiger charge is -2.41. The molecule has 4 rings (SSSR count). The van der Waals surface area contributed by atoms with Gasteiger partial charge < -0.3 is 10.2 Å². The number of hydrogen-bond donors (Lipinski definition) is 1. The standard InChI is InChI=1S/C27H30N4O2/c1-3-29-26(33)27(13-4-16-31(19-27)25(32)24-18-28-14-15-30-24)17-21-7-11-23(12-8-21)22-9-5-20(2)6-10-22/h5-12,14-15,18H,3-4,13,16-17,19H2,1-2H3,(H,29,33). The lowest BCUT2D eigenvalue weighted by molar-refractivity contribution is -0.133. The van der Waals surface area contributed by atoms with E-state index in [0.717, 1.165) is 24.0 Å². The summed E-state index contributed by atoms with van der Waals surface area (Å²) >= 11 is 0. The second kappa shape index (κ2) is 9.94. The number of hydrogen-bond acceptors (Lipinski definition) is 4. The molecule has 2 heterocycles. The Kier molecular flexibility index (Phi) is 6.82. The molecule has 1 aromatic heterocycles. The van der Waals surface area contributed by atoms with Crippen molar-refractivity contribution < 1.29 is 9.59 Å². The van der Waals surface area contributed by atoms with Crippen molar-refractivity contribution in [1.29, 1.82) is 0 Å². The Labute approximate surface area is 195 Å². The molecule has 0 bridgehead atoms. The molecule has 2 aromatic carbocycles. The van der Waals surface area contributed by atoms with Crippen molar-refractivity contribution in [1.82, 2.24) is 20.2 Å². The van der Waals surface area contributed by atoms with Crippen molar-refractivity contribution in [2.24, 2.45) is 5.41 Å². The van der Waals surface area contributed by atoms with Gasteiger partial charge in [-0.3, -0.25) is 14.6 Å². The number of nitrogens with zero attached hydrogens (tertiary/aromatic N) is 3. The fourth-order valence-corrected chi connectivity index (χ4v) is 4.59. The molecular formula is C27H30N4O2. The van der Waals surface area contributed by atoms with Gasteiger partial charge in [0.2, 0.25) is 5.91 Å². The molecule has 170 valence electrons. The maximum atomic E-state index is 13.3. The van der Waals surface area contributed by atoms with E-state index in [1.807, 2.05) is 6.92 Å². The van der Waals surface area contributed by atoms with Crippen molar-refractivity contribution in [2.75, 3.05) is 19.6 Å². The number of nitrogens with one attached hydrogen (secondary N) is 1. The van der Waals surface area contributed by atoms with Crippen LogP contribution in [0.3, 0.4) is 0 Å². The minimum absolute atomic E-state index is 0.00394. The van der Waals surface area contributed by atoms with Crippen LogP contribution in [0.2, 0.25) is 0 Å². The molecule has 0 radical (unpaired) electrons. The number of aromatic nitrogens is 2. The fourth-order valence-electron chi connectivity index (χ4n) is 4.59. The zero-order valence-corrected chi connectivity index (χ0v) is 19.3. The first kappa shape index (κ1) is 22.6. The molecule has 1 N–H and O–H groups in total. The number of carbonyl (C=O) groups is 2. The van der Waals surface area contributed by atoms with Gasteiger partial charge in [-0.05, 0) is 49.8 Å². The third kappa shape index (κ3) is 5.11. The number of rotatable bonds is 6. The van der Waals surface area contributed by atoms with Gasteiger partial charge in [0.05, 0.1) is 11.6 Å². The smallest absolute Gasteiger partial charge is 0.274 e. The van der Waals surface area contributed by atoms with Gasteiger partial charge in [-0.2, -0.15) is 0 Å². The quantitative estimate of drug-likeness (QED) is 0.625. The van der Waals surface area contributed by atoms with Gasteiger partial charge in [-0.15, -0.1) is 0 Å². The monoisotopic (exact) mass is 442 g/mol. The van der Waals surface area contributed by atoms with Crippen molar-refractivity contribution in [3.8, 4) is 11.1 Å². The highest BCUT2D eigenvalue weighted by atomic mass is 16.2. The molecule has 33 heavy (non-hydrogen) atoms. The van der Waals surface area contributed by atoms with E-state index in [-0.39, 0.29) is 11.8 Å². The Morgan fingerprint density at radius 1 is 1.03 bits per heavy atom. The third-order valence-corrected chi connectivity index (χ3v) is 6.35. The summed E-state index contributed by atoms with van der Waals surface area (Å²) in [7, 11) is 0. The number of benzene rings is 2. The lowest BCUT2D eigenvalue weighted by atomic mass is 9.74. The molecule has 0 aliphatic carbocycles. The van der Waals surface area contributed by atoms with Crippen molar-refractivity contribution in [3.63, 3.8) is 0 Å². The van der Waals surface area contributed by atoms with Gasteiger partial charge in [-0.1, -0.05) is 54.1 Å². The average Bonchev–Trinajstić information content (AvgIpc) is 2.85. The normalized spacial score (nSPS) is 18.1. The highest BCUT2D eigenvalue weighted by Crippen LogP contribution is 2.35. The van der Waals surface area contributed by atoms with Gasteiger partial charge in [-0.25, -0.2) is 4.98 Å². The maximum Gasteiger partial charge on any atom is 0.274 e. The summed E-state index contributed by atoms with van der Waals surface area (Å²) in [5.41, 5.74) is 4.28. The van der Waals surface area contributed by atoms with Gasteiger partial charge in [0.15, 0.2) is 0 Å². The number of amides is 2. The Morgan fingerprint density at radius 2 is 1.73 bits per heavy atom. The predicted octanol–water partition coefficient (Wildman–Crippen LogP) is 4.05. The van der Waals surface area contributed by atoms with Crippen LogP contribution in [0.25, 0.3) is 11.1 Å². The summed E-state index contributed by atoms with van der Waals surface area (Å²) in [6.45, 7) is 5.55. The van der Waals surface area contributed by atoms with Gasteiger partial charge in [0, 0.05) is 32.0 Å². The summed E-state index contributed by atoms with van der Waals surface area (Å²) in [6, 6.07) is 16.9. The summed E-state index contributed by atoms with van der Waals surface area (Å²) in [4.78, 5) is 36.2. The lowest BCUT2D eigenvalue weighted by Crippen LogP contribution is -2.54. The second-order valence-corrected chi connectivity index (χ2v) is 8.80. The number of likely N-dealkylation sites (tertiary alicyclic amines) is 1. The highest BCUT2D eigenvalue weighted by molar-refractivity contribution is 5.93. The largest absolute Gasteiger partial charge is 0.356 e. The van der Waals surface area contributed by atoms with Crippen LogP contribution in [0.15, 0.2) is 67.1 Å². The average molecular weight is 443 g/mol. The van der Waals surface area contributed by atoms with E-state index < -0.39 is 5.41 Å². The molecular weight excluding hydrogens is 412 g/mol. The first-order valence-corrected chi connectivity index (χ1v) is 11.5. The molecule has 2 amide bonds. The highest BCUT2D eigenvalue weighted by Gasteiger charge is 2.43. The molecule has 1 unspecified atom stereocenters. The first-order valence-electron chi connectivity index (χ1n) is 11.5. The van der Waals surface area contributed by atoms with Crippen LogP contribution in [0.5, 0.6) is 0 Å². The van der Waals surface area contributed by atoms with Crippen molar-refractivity contribution in [2.45, 2.75) is 33.1 Å². The minimum atomic E-state index is -0.669. The predicted molar refractivity (Wildman–Crippen MR) is 129 cm³/mol. The minimum Gasteiger partial charge on any atom is -0.356 e. The summed E-state index contributed by atoms with van der Waals surface area (Å²) in [5, 5.41) is 3.01. The summed E-state index contributed by atoms with van der Waals surface area (Å²) < 4.78 is 0. The Bertz CT molecular complexity index is 1100. The summed E-state index contributed by atoms with van der Waals surface area (Å²) in [6.07, 6.45) is 6.63. The molecule has 1 aliphatic rings.